The SMILES string of the molecule is CC(C)C(=O)N1CCC2(CC1)NC(=O)N([C@@H]1CCCN(C(=O)[C@H]3CC=CCC3)C1)C2=O. The number of rotatable bonds is 3. The molecule has 8 nitrogen and oxygen atoms in total. The summed E-state index contributed by atoms with van der Waals surface area (Å²) in [5.74, 6) is -0.0151. The van der Waals surface area contributed by atoms with Gasteiger partial charge in [-0.15, -0.1) is 0 Å². The van der Waals surface area contributed by atoms with Crippen LogP contribution >= 0.6 is 0 Å². The number of nitrogens with zero attached hydrogens (tertiary/aromatic N) is 3. The predicted molar refractivity (Wildman–Crippen MR) is 115 cm³/mol. The number of hydrogen-bond acceptors (Lipinski definition) is 4. The zero-order valence-corrected chi connectivity index (χ0v) is 18.6. The summed E-state index contributed by atoms with van der Waals surface area (Å²) in [4.78, 5) is 56.6. The summed E-state index contributed by atoms with van der Waals surface area (Å²) in [6.07, 6.45) is 9.17. The molecule has 4 rings (SSSR count). The third-order valence-corrected chi connectivity index (χ3v) is 7.31. The summed E-state index contributed by atoms with van der Waals surface area (Å²) in [5.41, 5.74) is -0.911. The Labute approximate surface area is 184 Å². The number of nitrogens with one attached hydrogen (secondary N) is 1. The van der Waals surface area contributed by atoms with Crippen LogP contribution in [0.4, 0.5) is 4.79 Å². The van der Waals surface area contributed by atoms with Crippen LogP contribution in [0, 0.1) is 11.8 Å². The molecule has 0 saturated carbocycles. The van der Waals surface area contributed by atoms with E-state index >= 15 is 0 Å². The number of imide groups is 1. The Morgan fingerprint density at radius 1 is 1.06 bits per heavy atom. The van der Waals surface area contributed by atoms with Gasteiger partial charge >= 0.3 is 6.03 Å². The van der Waals surface area contributed by atoms with Gasteiger partial charge in [0.15, 0.2) is 0 Å². The molecule has 3 aliphatic heterocycles. The fraction of sp³-hybridized carbons (Fsp3) is 0.739. The maximum Gasteiger partial charge on any atom is 0.325 e. The van der Waals surface area contributed by atoms with Gasteiger partial charge in [0.25, 0.3) is 5.91 Å². The van der Waals surface area contributed by atoms with E-state index in [1.54, 1.807) is 4.90 Å². The van der Waals surface area contributed by atoms with E-state index in [4.69, 9.17) is 0 Å². The van der Waals surface area contributed by atoms with Crippen molar-refractivity contribution in [1.29, 1.82) is 0 Å². The number of piperidine rings is 2. The lowest BCUT2D eigenvalue weighted by molar-refractivity contribution is -0.143. The number of amides is 5. The van der Waals surface area contributed by atoms with E-state index < -0.39 is 5.54 Å². The van der Waals surface area contributed by atoms with E-state index in [1.165, 1.54) is 4.90 Å². The van der Waals surface area contributed by atoms with E-state index in [0.717, 1.165) is 32.1 Å². The first-order valence-electron chi connectivity index (χ1n) is 11.7. The van der Waals surface area contributed by atoms with Crippen molar-refractivity contribution in [2.45, 2.75) is 70.4 Å². The third-order valence-electron chi connectivity index (χ3n) is 7.31. The second kappa shape index (κ2) is 8.63. The maximum atomic E-state index is 13.4. The molecule has 170 valence electrons. The second-order valence-electron chi connectivity index (χ2n) is 9.73. The summed E-state index contributed by atoms with van der Waals surface area (Å²) in [5, 5.41) is 2.95. The first-order chi connectivity index (χ1) is 14.8. The molecule has 1 N–H and O–H groups in total. The lowest BCUT2D eigenvalue weighted by Gasteiger charge is -2.40. The fourth-order valence-electron chi connectivity index (χ4n) is 5.43. The van der Waals surface area contributed by atoms with Crippen molar-refractivity contribution in [2.24, 2.45) is 11.8 Å². The van der Waals surface area contributed by atoms with E-state index in [-0.39, 0.29) is 41.6 Å². The quantitative estimate of drug-likeness (QED) is 0.547. The van der Waals surface area contributed by atoms with Crippen molar-refractivity contribution in [3.63, 3.8) is 0 Å². The summed E-state index contributed by atoms with van der Waals surface area (Å²) >= 11 is 0. The molecule has 5 amide bonds. The predicted octanol–water partition coefficient (Wildman–Crippen LogP) is 1.90. The van der Waals surface area contributed by atoms with Gasteiger partial charge in [-0.2, -0.15) is 0 Å². The normalized spacial score (nSPS) is 28.4. The Morgan fingerprint density at radius 2 is 1.81 bits per heavy atom. The molecule has 4 aliphatic rings. The molecular weight excluding hydrogens is 396 g/mol. The molecule has 1 aliphatic carbocycles. The molecule has 8 heteroatoms. The van der Waals surface area contributed by atoms with Crippen LogP contribution in [0.5, 0.6) is 0 Å². The third kappa shape index (κ3) is 4.08. The van der Waals surface area contributed by atoms with E-state index in [9.17, 15) is 19.2 Å². The van der Waals surface area contributed by atoms with Crippen LogP contribution < -0.4 is 5.32 Å². The Morgan fingerprint density at radius 3 is 2.45 bits per heavy atom. The van der Waals surface area contributed by atoms with Crippen LogP contribution in [0.2, 0.25) is 0 Å². The highest BCUT2D eigenvalue weighted by molar-refractivity contribution is 6.07. The van der Waals surface area contributed by atoms with Gasteiger partial charge in [-0.1, -0.05) is 26.0 Å². The van der Waals surface area contributed by atoms with Crippen molar-refractivity contribution < 1.29 is 19.2 Å². The van der Waals surface area contributed by atoms with Crippen molar-refractivity contribution in [3.8, 4) is 0 Å². The number of carbonyl (C=O) groups excluding carboxylic acids is 4. The average Bonchev–Trinajstić information content (AvgIpc) is 3.02. The molecule has 31 heavy (non-hydrogen) atoms. The summed E-state index contributed by atoms with van der Waals surface area (Å²) < 4.78 is 0. The first kappa shape index (κ1) is 21.8. The van der Waals surface area contributed by atoms with Crippen LogP contribution in [0.25, 0.3) is 0 Å². The minimum atomic E-state index is -0.911. The lowest BCUT2D eigenvalue weighted by atomic mass is 9.86. The molecule has 0 unspecified atom stereocenters. The molecule has 0 aromatic rings. The highest BCUT2D eigenvalue weighted by Crippen LogP contribution is 2.33. The van der Waals surface area contributed by atoms with Crippen LogP contribution in [0.15, 0.2) is 12.2 Å². The Kier molecular flexibility index (Phi) is 6.08. The summed E-state index contributed by atoms with van der Waals surface area (Å²) in [6.45, 7) is 5.80. The molecular formula is C23H34N4O4. The van der Waals surface area contributed by atoms with Gasteiger partial charge < -0.3 is 15.1 Å². The Balaban J connectivity index is 1.41. The summed E-state index contributed by atoms with van der Waals surface area (Å²) in [7, 11) is 0. The van der Waals surface area contributed by atoms with Crippen LogP contribution in [-0.2, 0) is 14.4 Å². The van der Waals surface area contributed by atoms with E-state index in [2.05, 4.69) is 17.5 Å². The van der Waals surface area contributed by atoms with Gasteiger partial charge in [-0.3, -0.25) is 19.3 Å². The molecule has 1 spiro atoms. The van der Waals surface area contributed by atoms with Crippen LogP contribution in [-0.4, -0.2) is 76.2 Å². The number of allylic oxidation sites excluding steroid dienone is 2. The number of hydrogen-bond donors (Lipinski definition) is 1. The van der Waals surface area contributed by atoms with Crippen molar-refractivity contribution in [3.05, 3.63) is 12.2 Å². The van der Waals surface area contributed by atoms with Gasteiger partial charge in [0, 0.05) is 38.0 Å². The smallest absolute Gasteiger partial charge is 0.325 e. The molecule has 0 aromatic carbocycles. The van der Waals surface area contributed by atoms with Gasteiger partial charge in [0.2, 0.25) is 11.8 Å². The molecule has 3 heterocycles. The van der Waals surface area contributed by atoms with Gasteiger partial charge in [0.05, 0.1) is 6.04 Å². The molecule has 0 radical (unpaired) electrons. The number of urea groups is 1. The number of carbonyl (C=O) groups is 4. The maximum absolute atomic E-state index is 13.4. The van der Waals surface area contributed by atoms with Gasteiger partial charge in [-0.25, -0.2) is 4.79 Å². The monoisotopic (exact) mass is 430 g/mol. The Bertz CT molecular complexity index is 784. The molecule has 0 aromatic heterocycles. The average molecular weight is 431 g/mol. The minimum absolute atomic E-state index is 0.0148. The van der Waals surface area contributed by atoms with Crippen molar-refractivity contribution in [2.75, 3.05) is 26.2 Å². The van der Waals surface area contributed by atoms with Crippen molar-refractivity contribution >= 4 is 23.8 Å². The topological polar surface area (TPSA) is 90.0 Å². The van der Waals surface area contributed by atoms with Crippen LogP contribution in [0.1, 0.15) is 58.8 Å². The Hall–Kier alpha value is -2.38. The minimum Gasteiger partial charge on any atom is -0.342 e. The fourth-order valence-corrected chi connectivity index (χ4v) is 5.43. The summed E-state index contributed by atoms with van der Waals surface area (Å²) in [6, 6.07) is -0.632. The highest BCUT2D eigenvalue weighted by Gasteiger charge is 2.55. The molecule has 3 fully saturated rings. The molecule has 0 bridgehead atoms. The zero-order chi connectivity index (χ0) is 22.2. The van der Waals surface area contributed by atoms with Gasteiger partial charge in [0.1, 0.15) is 5.54 Å². The van der Waals surface area contributed by atoms with Crippen LogP contribution in [0.3, 0.4) is 0 Å². The number of likely N-dealkylation sites (tertiary alicyclic amines) is 2. The lowest BCUT2D eigenvalue weighted by Crippen LogP contribution is -2.57. The largest absolute Gasteiger partial charge is 0.342 e. The molecule has 2 atom stereocenters. The first-order valence-corrected chi connectivity index (χ1v) is 11.7. The highest BCUT2D eigenvalue weighted by atomic mass is 16.2. The van der Waals surface area contributed by atoms with Gasteiger partial charge in [-0.05, 0) is 44.9 Å². The van der Waals surface area contributed by atoms with E-state index in [1.807, 2.05) is 18.7 Å². The molecule has 3 saturated heterocycles. The van der Waals surface area contributed by atoms with E-state index in [0.29, 0.717) is 39.0 Å². The zero-order valence-electron chi connectivity index (χ0n) is 18.6. The second-order valence-corrected chi connectivity index (χ2v) is 9.73. The standard InChI is InChI=1S/C23H34N4O4/c1-16(2)19(28)25-13-10-23(11-14-25)21(30)27(22(31)24-23)18-9-6-12-26(15-18)20(29)17-7-4-3-5-8-17/h3-4,16-18H,5-15H2,1-2H3,(H,24,31)/t17-,18+/m0/s1. The van der Waals surface area contributed by atoms with Crippen molar-refractivity contribution in [1.82, 2.24) is 20.0 Å².